The third-order valence-corrected chi connectivity index (χ3v) is 4.68. The lowest BCUT2D eigenvalue weighted by Crippen LogP contribution is -2.60. The minimum atomic E-state index is -1.03. The predicted molar refractivity (Wildman–Crippen MR) is 114 cm³/mol. The van der Waals surface area contributed by atoms with Crippen molar-refractivity contribution < 1.29 is 4.74 Å². The summed E-state index contributed by atoms with van der Waals surface area (Å²) >= 11 is 0. The van der Waals surface area contributed by atoms with E-state index in [1.807, 2.05) is 73.7 Å². The van der Waals surface area contributed by atoms with Crippen LogP contribution in [0.5, 0.6) is 0 Å². The highest BCUT2D eigenvalue weighted by Gasteiger charge is 2.39. The summed E-state index contributed by atoms with van der Waals surface area (Å²) in [6.07, 6.45) is 6.72. The van der Waals surface area contributed by atoms with Gasteiger partial charge in [-0.05, 0) is 42.8 Å². The van der Waals surface area contributed by atoms with Gasteiger partial charge in [-0.2, -0.15) is 0 Å². The van der Waals surface area contributed by atoms with Crippen molar-refractivity contribution in [2.75, 3.05) is 6.61 Å². The molecule has 6 nitrogen and oxygen atoms in total. The fourth-order valence-electron chi connectivity index (χ4n) is 3.38. The highest BCUT2D eigenvalue weighted by atomic mass is 16.5. The van der Waals surface area contributed by atoms with Crippen molar-refractivity contribution in [3.8, 4) is 0 Å². The molecule has 0 fully saturated rings. The number of nitrogens with one attached hydrogen (secondary N) is 1. The van der Waals surface area contributed by atoms with Crippen LogP contribution in [0.15, 0.2) is 90.3 Å². The van der Waals surface area contributed by atoms with Gasteiger partial charge in [-0.1, -0.05) is 36.4 Å². The molecule has 6 heteroatoms. The lowest BCUT2D eigenvalue weighted by atomic mass is 9.92. The van der Waals surface area contributed by atoms with Crippen molar-refractivity contribution in [1.82, 2.24) is 15.3 Å². The average molecular weight is 385 g/mol. The lowest BCUT2D eigenvalue weighted by molar-refractivity contribution is 0.0146. The monoisotopic (exact) mass is 385 g/mol. The number of hydrogen-bond donors (Lipinski definition) is 2. The summed E-state index contributed by atoms with van der Waals surface area (Å²) in [5, 5.41) is 3.37. The van der Waals surface area contributed by atoms with Crippen molar-refractivity contribution >= 4 is 11.5 Å². The van der Waals surface area contributed by atoms with Crippen LogP contribution >= 0.6 is 0 Å². The Kier molecular flexibility index (Phi) is 5.46. The first-order chi connectivity index (χ1) is 14.2. The van der Waals surface area contributed by atoms with Gasteiger partial charge < -0.3 is 15.8 Å². The van der Waals surface area contributed by atoms with E-state index in [2.05, 4.69) is 15.3 Å². The summed E-state index contributed by atoms with van der Waals surface area (Å²) in [4.78, 5) is 13.5. The Morgan fingerprint density at radius 1 is 1.03 bits per heavy atom. The molecule has 1 aromatic carbocycles. The maximum absolute atomic E-state index is 6.94. The Hall–Kier alpha value is -3.35. The van der Waals surface area contributed by atoms with Crippen LogP contribution in [0.25, 0.3) is 5.70 Å². The van der Waals surface area contributed by atoms with E-state index < -0.39 is 11.8 Å². The summed E-state index contributed by atoms with van der Waals surface area (Å²) in [5.41, 5.74) is 9.19. The number of ether oxygens (including phenoxy) is 1. The standard InChI is InChI=1S/C23H23N5O/c1-2-29-21(17-9-4-3-5-10-17)23(24)15-20(18-11-8-13-25-16-18)27-22(28-23)19-12-6-7-14-26-19/h3-16,21H,2,24H2,1H3,(H,27,28). The van der Waals surface area contributed by atoms with Gasteiger partial charge in [0.05, 0.1) is 5.70 Å². The van der Waals surface area contributed by atoms with Gasteiger partial charge in [0.2, 0.25) is 0 Å². The van der Waals surface area contributed by atoms with Gasteiger partial charge in [0.25, 0.3) is 0 Å². The van der Waals surface area contributed by atoms with E-state index in [1.165, 1.54) is 0 Å². The third kappa shape index (κ3) is 4.08. The van der Waals surface area contributed by atoms with Crippen LogP contribution in [-0.4, -0.2) is 28.1 Å². The number of benzene rings is 1. The minimum absolute atomic E-state index is 0.422. The molecule has 3 heterocycles. The van der Waals surface area contributed by atoms with E-state index in [9.17, 15) is 0 Å². The van der Waals surface area contributed by atoms with Crippen molar-refractivity contribution in [3.63, 3.8) is 0 Å². The topological polar surface area (TPSA) is 85.4 Å². The number of nitrogens with zero attached hydrogens (tertiary/aromatic N) is 3. The zero-order valence-corrected chi connectivity index (χ0v) is 16.2. The van der Waals surface area contributed by atoms with Crippen LogP contribution in [0, 0.1) is 0 Å². The Balaban J connectivity index is 1.83. The van der Waals surface area contributed by atoms with Crippen LogP contribution < -0.4 is 11.1 Å². The molecular weight excluding hydrogens is 362 g/mol. The molecule has 0 radical (unpaired) electrons. The molecule has 4 rings (SSSR count). The highest BCUT2D eigenvalue weighted by molar-refractivity contribution is 6.02. The van der Waals surface area contributed by atoms with E-state index in [-0.39, 0.29) is 0 Å². The molecule has 2 aromatic heterocycles. The number of amidine groups is 1. The quantitative estimate of drug-likeness (QED) is 0.680. The molecule has 2 atom stereocenters. The van der Waals surface area contributed by atoms with Crippen LogP contribution in [-0.2, 0) is 4.74 Å². The molecule has 3 aromatic rings. The normalized spacial score (nSPS) is 19.7. The first kappa shape index (κ1) is 19.0. The van der Waals surface area contributed by atoms with Gasteiger partial charge in [0.15, 0.2) is 5.84 Å². The number of aromatic nitrogens is 2. The molecule has 146 valence electrons. The molecule has 0 spiro atoms. The number of aliphatic imine (C=N–C) groups is 1. The molecule has 1 aliphatic rings. The van der Waals surface area contributed by atoms with Crippen molar-refractivity contribution in [2.45, 2.75) is 18.7 Å². The zero-order valence-electron chi connectivity index (χ0n) is 16.2. The van der Waals surface area contributed by atoms with Crippen molar-refractivity contribution in [3.05, 3.63) is 102 Å². The number of nitrogens with two attached hydrogens (primary N) is 1. The van der Waals surface area contributed by atoms with Crippen molar-refractivity contribution in [1.29, 1.82) is 0 Å². The molecule has 0 bridgehead atoms. The van der Waals surface area contributed by atoms with Gasteiger partial charge in [-0.15, -0.1) is 0 Å². The van der Waals surface area contributed by atoms with Gasteiger partial charge in [-0.3, -0.25) is 9.97 Å². The first-order valence-corrected chi connectivity index (χ1v) is 9.56. The van der Waals surface area contributed by atoms with Crippen molar-refractivity contribution in [2.24, 2.45) is 10.7 Å². The summed E-state index contributed by atoms with van der Waals surface area (Å²) in [6, 6.07) is 19.5. The number of rotatable bonds is 6. The van der Waals surface area contributed by atoms with E-state index in [0.717, 1.165) is 16.8 Å². The summed E-state index contributed by atoms with van der Waals surface area (Å²) < 4.78 is 6.12. The maximum atomic E-state index is 6.94. The average Bonchev–Trinajstić information content (AvgIpc) is 2.79. The minimum Gasteiger partial charge on any atom is -0.370 e. The number of pyridine rings is 2. The smallest absolute Gasteiger partial charge is 0.154 e. The fraction of sp³-hybridized carbons (Fsp3) is 0.174. The van der Waals surface area contributed by atoms with Crippen LogP contribution in [0.2, 0.25) is 0 Å². The van der Waals surface area contributed by atoms with E-state index >= 15 is 0 Å². The molecule has 0 aliphatic carbocycles. The Labute approximate surface area is 170 Å². The molecule has 29 heavy (non-hydrogen) atoms. The Morgan fingerprint density at radius 3 is 2.55 bits per heavy atom. The SMILES string of the molecule is CCOC(c1ccccc1)C1(N)C=C(c2cccnc2)N=C(c2ccccn2)N1. The molecule has 0 amide bonds. The summed E-state index contributed by atoms with van der Waals surface area (Å²) in [7, 11) is 0. The van der Waals surface area contributed by atoms with E-state index in [0.29, 0.717) is 18.1 Å². The molecule has 0 saturated heterocycles. The van der Waals surface area contributed by atoms with Crippen LogP contribution in [0.4, 0.5) is 0 Å². The van der Waals surface area contributed by atoms with Gasteiger partial charge in [0.1, 0.15) is 17.5 Å². The summed E-state index contributed by atoms with van der Waals surface area (Å²) in [5.74, 6) is 0.593. The molecular formula is C23H23N5O. The van der Waals surface area contributed by atoms with Gasteiger partial charge >= 0.3 is 0 Å². The molecule has 3 N–H and O–H groups in total. The predicted octanol–water partition coefficient (Wildman–Crippen LogP) is 3.30. The lowest BCUT2D eigenvalue weighted by Gasteiger charge is -2.39. The maximum Gasteiger partial charge on any atom is 0.154 e. The Morgan fingerprint density at radius 2 is 1.86 bits per heavy atom. The van der Waals surface area contributed by atoms with E-state index in [4.69, 9.17) is 15.5 Å². The summed E-state index contributed by atoms with van der Waals surface area (Å²) in [6.45, 7) is 2.48. The zero-order chi connectivity index (χ0) is 20.1. The fourth-order valence-corrected chi connectivity index (χ4v) is 3.38. The second-order valence-corrected chi connectivity index (χ2v) is 6.75. The second-order valence-electron chi connectivity index (χ2n) is 6.75. The van der Waals surface area contributed by atoms with Gasteiger partial charge in [-0.25, -0.2) is 4.99 Å². The van der Waals surface area contributed by atoms with Crippen LogP contribution in [0.3, 0.4) is 0 Å². The molecule has 2 unspecified atom stereocenters. The van der Waals surface area contributed by atoms with Gasteiger partial charge in [0, 0.05) is 30.8 Å². The molecule has 1 aliphatic heterocycles. The largest absolute Gasteiger partial charge is 0.370 e. The second kappa shape index (κ2) is 8.34. The third-order valence-electron chi connectivity index (χ3n) is 4.68. The Bertz CT molecular complexity index is 1010. The number of hydrogen-bond acceptors (Lipinski definition) is 6. The van der Waals surface area contributed by atoms with Crippen LogP contribution in [0.1, 0.15) is 29.8 Å². The first-order valence-electron chi connectivity index (χ1n) is 9.56. The van der Waals surface area contributed by atoms with E-state index in [1.54, 1.807) is 18.6 Å². The molecule has 0 saturated carbocycles. The highest BCUT2D eigenvalue weighted by Crippen LogP contribution is 2.33.